The molecule has 5 heteroatoms. The van der Waals surface area contributed by atoms with E-state index in [2.05, 4.69) is 10.1 Å². The summed E-state index contributed by atoms with van der Waals surface area (Å²) < 4.78 is 40.9. The van der Waals surface area contributed by atoms with Crippen molar-refractivity contribution in [3.63, 3.8) is 0 Å². The standard InChI is InChI=1S/C8H5F3NO/c9-8(10,11)7-12-5-3-1-2-4-6(5)13-7/h1-4,12H. The van der Waals surface area contributed by atoms with Crippen molar-refractivity contribution in [2.75, 3.05) is 5.32 Å². The van der Waals surface area contributed by atoms with Crippen molar-refractivity contribution in [1.82, 2.24) is 0 Å². The van der Waals surface area contributed by atoms with Gasteiger partial charge in [0.05, 0.1) is 5.69 Å². The summed E-state index contributed by atoms with van der Waals surface area (Å²) in [6.07, 6.45) is -5.53. The van der Waals surface area contributed by atoms with Crippen LogP contribution in [-0.2, 0) is 0 Å². The Morgan fingerprint density at radius 2 is 1.85 bits per heavy atom. The van der Waals surface area contributed by atoms with Crippen LogP contribution in [0.25, 0.3) is 0 Å². The Hall–Kier alpha value is -1.39. The summed E-state index contributed by atoms with van der Waals surface area (Å²) in [5, 5.41) is 2.14. The van der Waals surface area contributed by atoms with Gasteiger partial charge in [0.1, 0.15) is 5.75 Å². The average Bonchev–Trinajstić information content (AvgIpc) is 2.45. The van der Waals surface area contributed by atoms with E-state index in [-0.39, 0.29) is 5.75 Å². The number of ether oxygens (including phenoxy) is 1. The van der Waals surface area contributed by atoms with Crippen molar-refractivity contribution < 1.29 is 17.9 Å². The predicted molar refractivity (Wildman–Crippen MR) is 40.0 cm³/mol. The van der Waals surface area contributed by atoms with E-state index in [0.717, 1.165) is 0 Å². The lowest BCUT2D eigenvalue weighted by molar-refractivity contribution is -0.140. The fourth-order valence-electron chi connectivity index (χ4n) is 1.05. The number of rotatable bonds is 0. The van der Waals surface area contributed by atoms with Gasteiger partial charge in [0, 0.05) is 0 Å². The zero-order valence-corrected chi connectivity index (χ0v) is 6.35. The van der Waals surface area contributed by atoms with Gasteiger partial charge < -0.3 is 10.1 Å². The topological polar surface area (TPSA) is 21.3 Å². The van der Waals surface area contributed by atoms with E-state index in [1.807, 2.05) is 0 Å². The third-order valence-electron chi connectivity index (χ3n) is 1.60. The Morgan fingerprint density at radius 3 is 2.46 bits per heavy atom. The molecule has 0 atom stereocenters. The molecule has 1 aliphatic heterocycles. The van der Waals surface area contributed by atoms with Crippen molar-refractivity contribution in [1.29, 1.82) is 0 Å². The molecule has 1 radical (unpaired) electrons. The van der Waals surface area contributed by atoms with E-state index in [0.29, 0.717) is 5.69 Å². The minimum atomic E-state index is -4.46. The Bertz CT molecular complexity index is 298. The number of halogens is 3. The van der Waals surface area contributed by atoms with Gasteiger partial charge in [0.15, 0.2) is 0 Å². The van der Waals surface area contributed by atoms with E-state index >= 15 is 0 Å². The highest BCUT2D eigenvalue weighted by molar-refractivity contribution is 5.62. The Balaban J connectivity index is 2.23. The van der Waals surface area contributed by atoms with Crippen LogP contribution in [0.5, 0.6) is 5.75 Å². The first kappa shape index (κ1) is 8.22. The Morgan fingerprint density at radius 1 is 1.15 bits per heavy atom. The number of anilines is 1. The number of nitrogens with one attached hydrogen (secondary N) is 1. The van der Waals surface area contributed by atoms with E-state index in [9.17, 15) is 13.2 Å². The molecule has 1 heterocycles. The lowest BCUT2D eigenvalue weighted by Gasteiger charge is -2.11. The molecule has 2 rings (SSSR count). The molecule has 0 saturated heterocycles. The van der Waals surface area contributed by atoms with E-state index in [1.165, 1.54) is 12.1 Å². The zero-order chi connectivity index (χ0) is 9.47. The molecule has 0 amide bonds. The second kappa shape index (κ2) is 2.55. The summed E-state index contributed by atoms with van der Waals surface area (Å²) in [5.41, 5.74) is 0.342. The van der Waals surface area contributed by atoms with Gasteiger partial charge in [-0.3, -0.25) is 0 Å². The summed E-state index contributed by atoms with van der Waals surface area (Å²) in [6.45, 7) is 0. The number of para-hydroxylation sites is 2. The summed E-state index contributed by atoms with van der Waals surface area (Å²) in [7, 11) is 0. The Kier molecular flexibility index (Phi) is 1.61. The minimum absolute atomic E-state index is 0.204. The van der Waals surface area contributed by atoms with Crippen molar-refractivity contribution >= 4 is 5.69 Å². The molecule has 1 aromatic rings. The van der Waals surface area contributed by atoms with Crippen molar-refractivity contribution in [2.24, 2.45) is 0 Å². The van der Waals surface area contributed by atoms with Gasteiger partial charge in [0.2, 0.25) is 0 Å². The largest absolute Gasteiger partial charge is 0.455 e. The maximum absolute atomic E-state index is 12.1. The SMILES string of the molecule is FC(F)(F)[C]1Nc2ccccc2O1. The summed E-state index contributed by atoms with van der Waals surface area (Å²) in [4.78, 5) is 0. The molecule has 0 aliphatic carbocycles. The molecule has 0 fully saturated rings. The Labute approximate surface area is 72.3 Å². The van der Waals surface area contributed by atoms with E-state index in [1.54, 1.807) is 12.1 Å². The molecule has 1 N–H and O–H groups in total. The van der Waals surface area contributed by atoms with Crippen LogP contribution in [0.2, 0.25) is 0 Å². The molecule has 2 nitrogen and oxygen atoms in total. The summed E-state index contributed by atoms with van der Waals surface area (Å²) in [5.74, 6) is 0.204. The van der Waals surface area contributed by atoms with Crippen molar-refractivity contribution in [3.05, 3.63) is 30.5 Å². The van der Waals surface area contributed by atoms with Gasteiger partial charge >= 0.3 is 12.4 Å². The first-order valence-corrected chi connectivity index (χ1v) is 3.55. The van der Waals surface area contributed by atoms with Crippen LogP contribution in [0.3, 0.4) is 0 Å². The normalized spacial score (nSPS) is 16.2. The molecule has 69 valence electrons. The highest BCUT2D eigenvalue weighted by atomic mass is 19.4. The maximum atomic E-state index is 12.1. The lowest BCUT2D eigenvalue weighted by atomic mass is 10.3. The van der Waals surface area contributed by atoms with Crippen LogP contribution in [0.15, 0.2) is 24.3 Å². The minimum Gasteiger partial charge on any atom is -0.451 e. The zero-order valence-electron chi connectivity index (χ0n) is 6.35. The third-order valence-corrected chi connectivity index (χ3v) is 1.60. The summed E-state index contributed by atoms with van der Waals surface area (Å²) in [6, 6.07) is 6.24. The van der Waals surface area contributed by atoms with E-state index in [4.69, 9.17) is 0 Å². The first-order valence-electron chi connectivity index (χ1n) is 3.55. The molecule has 0 saturated carbocycles. The second-order valence-electron chi connectivity index (χ2n) is 2.55. The van der Waals surface area contributed by atoms with Gasteiger partial charge in [-0.15, -0.1) is 0 Å². The van der Waals surface area contributed by atoms with Crippen LogP contribution >= 0.6 is 0 Å². The van der Waals surface area contributed by atoms with Crippen LogP contribution in [0.4, 0.5) is 18.9 Å². The smallest absolute Gasteiger partial charge is 0.451 e. The predicted octanol–water partition coefficient (Wildman–Crippen LogP) is 2.54. The lowest BCUT2D eigenvalue weighted by Crippen LogP contribution is -2.28. The molecule has 13 heavy (non-hydrogen) atoms. The number of hydrogen-bond acceptors (Lipinski definition) is 2. The molecule has 0 bridgehead atoms. The fraction of sp³-hybridized carbons (Fsp3) is 0.125. The van der Waals surface area contributed by atoms with Gasteiger partial charge in [-0.05, 0) is 12.1 Å². The molecular formula is C8H5F3NO. The van der Waals surface area contributed by atoms with Crippen LogP contribution in [-0.4, -0.2) is 6.18 Å². The molecular weight excluding hydrogens is 183 g/mol. The maximum Gasteiger partial charge on any atom is 0.455 e. The quantitative estimate of drug-likeness (QED) is 0.675. The van der Waals surface area contributed by atoms with Gasteiger partial charge in [-0.2, -0.15) is 13.2 Å². The van der Waals surface area contributed by atoms with Crippen LogP contribution in [0.1, 0.15) is 0 Å². The molecule has 1 aliphatic rings. The van der Waals surface area contributed by atoms with E-state index < -0.39 is 12.4 Å². The highest BCUT2D eigenvalue weighted by Crippen LogP contribution is 2.40. The van der Waals surface area contributed by atoms with Crippen molar-refractivity contribution in [3.8, 4) is 5.75 Å². The highest BCUT2D eigenvalue weighted by Gasteiger charge is 2.47. The van der Waals surface area contributed by atoms with Crippen LogP contribution in [0, 0.1) is 6.23 Å². The number of fused-ring (bicyclic) bond motifs is 1. The van der Waals surface area contributed by atoms with Gasteiger partial charge in [0.25, 0.3) is 0 Å². The second-order valence-corrected chi connectivity index (χ2v) is 2.55. The number of benzene rings is 1. The molecule has 0 unspecified atom stereocenters. The van der Waals surface area contributed by atoms with Gasteiger partial charge in [-0.1, -0.05) is 12.1 Å². The van der Waals surface area contributed by atoms with Crippen molar-refractivity contribution in [2.45, 2.75) is 6.18 Å². The number of hydrogen-bond donors (Lipinski definition) is 1. The average molecular weight is 188 g/mol. The number of alkyl halides is 3. The monoisotopic (exact) mass is 188 g/mol. The molecule has 0 aromatic heterocycles. The van der Waals surface area contributed by atoms with Crippen LogP contribution < -0.4 is 10.1 Å². The molecule has 1 aromatic carbocycles. The van der Waals surface area contributed by atoms with Gasteiger partial charge in [-0.25, -0.2) is 0 Å². The summed E-state index contributed by atoms with van der Waals surface area (Å²) >= 11 is 0. The molecule has 0 spiro atoms. The first-order chi connectivity index (χ1) is 6.07. The fourth-order valence-corrected chi connectivity index (χ4v) is 1.05. The third kappa shape index (κ3) is 1.41.